The lowest BCUT2D eigenvalue weighted by Crippen LogP contribution is -2.71. The highest BCUT2D eigenvalue weighted by molar-refractivity contribution is 8.00. The van der Waals surface area contributed by atoms with Crippen molar-refractivity contribution < 1.29 is 29.1 Å². The van der Waals surface area contributed by atoms with E-state index in [9.17, 15) is 24.3 Å². The molecule has 0 saturated carbocycles. The summed E-state index contributed by atoms with van der Waals surface area (Å²) in [5.41, 5.74) is 7.74. The average Bonchev–Trinajstić information content (AvgIpc) is 3.70. The van der Waals surface area contributed by atoms with E-state index in [-0.39, 0.29) is 34.5 Å². The number of rotatable bonds is 10. The molecule has 4 aliphatic rings. The van der Waals surface area contributed by atoms with E-state index in [0.717, 1.165) is 16.9 Å². The number of aromatic nitrogens is 1. The second-order valence-corrected chi connectivity index (χ2v) is 11.5. The van der Waals surface area contributed by atoms with Crippen LogP contribution in [-0.4, -0.2) is 85.8 Å². The minimum absolute atomic E-state index is 0.136. The Morgan fingerprint density at radius 3 is 2.76 bits per heavy atom. The number of fused-ring (bicyclic) bond motifs is 1. The quantitative estimate of drug-likeness (QED) is 0.0922. The molecule has 15 nitrogen and oxygen atoms in total. The molecule has 17 heteroatoms. The van der Waals surface area contributed by atoms with Crippen molar-refractivity contribution in [3.63, 3.8) is 0 Å². The lowest BCUT2D eigenvalue weighted by atomic mass is 10.0. The van der Waals surface area contributed by atoms with Crippen LogP contribution in [0.1, 0.15) is 12.6 Å². The topological polar surface area (TPSA) is 216 Å². The number of nitriles is 1. The Morgan fingerprint density at radius 1 is 1.31 bits per heavy atom. The Hall–Kier alpha value is -5.47. The lowest BCUT2D eigenvalue weighted by Gasteiger charge is -2.49. The van der Waals surface area contributed by atoms with Crippen LogP contribution < -0.4 is 16.4 Å². The highest BCUT2D eigenvalue weighted by atomic mass is 32.2. The van der Waals surface area contributed by atoms with Crippen LogP contribution >= 0.6 is 23.1 Å². The third kappa shape index (κ3) is 6.56. The molecule has 5 heterocycles. The number of hydrogen-bond donors (Lipinski definition) is 4. The van der Waals surface area contributed by atoms with E-state index < -0.39 is 35.1 Å². The monoisotopic (exact) mass is 647 g/mol. The van der Waals surface area contributed by atoms with Gasteiger partial charge >= 0.3 is 5.97 Å². The number of nitrogen functional groups attached to an aromatic ring is 1. The van der Waals surface area contributed by atoms with E-state index in [1.54, 1.807) is 36.7 Å². The zero-order valence-electron chi connectivity index (χ0n) is 23.5. The number of aliphatic imine (C=N–C) groups is 1. The molecule has 230 valence electrons. The van der Waals surface area contributed by atoms with Crippen molar-refractivity contribution in [1.82, 2.24) is 25.4 Å². The van der Waals surface area contributed by atoms with Gasteiger partial charge in [-0.25, -0.2) is 9.78 Å². The van der Waals surface area contributed by atoms with E-state index in [0.29, 0.717) is 23.4 Å². The molecule has 0 bridgehead atoms. The number of anilines is 1. The standard InChI is InChI=1S/C28H25N9O6S2/c1-2-43-35-20(19-13-45-28(30)33-19)24(39)34-21-25(40)37-22(27(41)42)16(12-44-26(21)37)4-3-7-36-8-5-15(6-9-36)17-10-18(31-11-17)23(38)32-14-29/h3-6,8-11,13,21,26H,2,7,12H2,1H3,(H2,30,33)(H,32,38)(H,34,39)(H,41,42)/b4-3+,35-20-/t21-,26-/m1/s1. The molecule has 0 radical (unpaired) electrons. The van der Waals surface area contributed by atoms with Gasteiger partial charge in [-0.05, 0) is 36.3 Å². The molecule has 1 aromatic rings. The molecule has 1 aromatic heterocycles. The first-order chi connectivity index (χ1) is 21.7. The molecule has 2 atom stereocenters. The smallest absolute Gasteiger partial charge is 0.352 e. The molecule has 3 amide bonds. The number of aliphatic carboxylic acids is 1. The van der Waals surface area contributed by atoms with Gasteiger partial charge in [0.15, 0.2) is 17.0 Å². The fourth-order valence-corrected chi connectivity index (χ4v) is 6.42. The van der Waals surface area contributed by atoms with Crippen molar-refractivity contribution in [2.45, 2.75) is 18.3 Å². The van der Waals surface area contributed by atoms with Crippen LogP contribution in [0, 0.1) is 11.5 Å². The van der Waals surface area contributed by atoms with Gasteiger partial charge in [0.2, 0.25) is 0 Å². The number of carbonyl (C=O) groups excluding carboxylic acids is 3. The fraction of sp³-hybridized carbons (Fsp3) is 0.214. The zero-order chi connectivity index (χ0) is 32.1. The molecule has 5 N–H and O–H groups in total. The summed E-state index contributed by atoms with van der Waals surface area (Å²) < 4.78 is 0. The Balaban J connectivity index is 1.23. The number of nitrogens with two attached hydrogens (primary N) is 1. The third-order valence-corrected chi connectivity index (χ3v) is 8.62. The number of carboxylic acids is 1. The Kier molecular flexibility index (Phi) is 9.25. The molecule has 0 aliphatic carbocycles. The number of amides is 3. The van der Waals surface area contributed by atoms with Gasteiger partial charge in [0.25, 0.3) is 17.7 Å². The number of thioether (sulfide) groups is 1. The number of nitrogens with one attached hydrogen (secondary N) is 2. The van der Waals surface area contributed by atoms with E-state index in [1.165, 1.54) is 22.9 Å². The maximum Gasteiger partial charge on any atom is 0.352 e. The number of nitrogens with zero attached hydrogens (tertiary/aromatic N) is 6. The van der Waals surface area contributed by atoms with Gasteiger partial charge in [0.1, 0.15) is 35.1 Å². The SMILES string of the molecule is CCO/N=C(\C(=O)N[C@@H]1C(=O)N2C(C(=O)O)=C(/C=C/CN3C=CC(=C4C=NC(C(=O)NC#N)=C4)C=C3)CS[C@H]12)c1csc(N)n1. The van der Waals surface area contributed by atoms with Crippen LogP contribution in [0.4, 0.5) is 5.13 Å². The minimum atomic E-state index is -1.25. The number of oxime groups is 1. The number of hydrogen-bond acceptors (Lipinski definition) is 13. The summed E-state index contributed by atoms with van der Waals surface area (Å²) in [5, 5.41) is 28.3. The summed E-state index contributed by atoms with van der Waals surface area (Å²) in [6.07, 6.45) is 15.5. The molecular formula is C28H25N9O6S2. The number of allylic oxidation sites excluding steroid dienone is 6. The van der Waals surface area contributed by atoms with E-state index in [1.807, 2.05) is 34.8 Å². The van der Waals surface area contributed by atoms with Gasteiger partial charge in [-0.15, -0.1) is 23.1 Å². The second kappa shape index (κ2) is 13.4. The van der Waals surface area contributed by atoms with Crippen LogP contribution in [0.25, 0.3) is 0 Å². The molecule has 0 unspecified atom stereocenters. The number of carboxylic acid groups (broad SMARTS) is 1. The number of thiazole rings is 1. The third-order valence-electron chi connectivity index (χ3n) is 6.65. The maximum atomic E-state index is 13.1. The average molecular weight is 648 g/mol. The molecule has 1 saturated heterocycles. The van der Waals surface area contributed by atoms with Gasteiger partial charge < -0.3 is 25.9 Å². The van der Waals surface area contributed by atoms with Crippen molar-refractivity contribution in [2.75, 3.05) is 24.6 Å². The number of β-lactam (4-membered cyclic amide) rings is 1. The summed E-state index contributed by atoms with van der Waals surface area (Å²) in [5.74, 6) is -2.78. The maximum absolute atomic E-state index is 13.1. The summed E-state index contributed by atoms with van der Waals surface area (Å²) in [6.45, 7) is 2.32. The molecule has 45 heavy (non-hydrogen) atoms. The normalized spacial score (nSPS) is 20.7. The van der Waals surface area contributed by atoms with Crippen molar-refractivity contribution in [3.05, 3.63) is 82.0 Å². The van der Waals surface area contributed by atoms with Crippen molar-refractivity contribution >= 4 is 63.8 Å². The summed E-state index contributed by atoms with van der Waals surface area (Å²) in [7, 11) is 0. The molecule has 0 aromatic carbocycles. The van der Waals surface area contributed by atoms with Gasteiger partial charge in [-0.1, -0.05) is 17.3 Å². The fourth-order valence-electron chi connectivity index (χ4n) is 4.56. The molecular weight excluding hydrogens is 622 g/mol. The largest absolute Gasteiger partial charge is 0.477 e. The first-order valence-corrected chi connectivity index (χ1v) is 15.3. The second-order valence-electron chi connectivity index (χ2n) is 9.46. The van der Waals surface area contributed by atoms with Crippen LogP contribution in [0.15, 0.2) is 86.4 Å². The van der Waals surface area contributed by atoms with Crippen molar-refractivity contribution in [3.8, 4) is 6.19 Å². The predicted octanol–water partition coefficient (Wildman–Crippen LogP) is 0.966. The first kappa shape index (κ1) is 31.0. The summed E-state index contributed by atoms with van der Waals surface area (Å²) >= 11 is 2.45. The molecule has 0 spiro atoms. The van der Waals surface area contributed by atoms with E-state index >= 15 is 0 Å². The van der Waals surface area contributed by atoms with Crippen LogP contribution in [0.2, 0.25) is 0 Å². The van der Waals surface area contributed by atoms with E-state index in [4.69, 9.17) is 15.8 Å². The Morgan fingerprint density at radius 2 is 2.09 bits per heavy atom. The lowest BCUT2D eigenvalue weighted by molar-refractivity contribution is -0.150. The molecule has 4 aliphatic heterocycles. The molecule has 1 fully saturated rings. The minimum Gasteiger partial charge on any atom is -0.477 e. The highest BCUT2D eigenvalue weighted by Gasteiger charge is 2.54. The van der Waals surface area contributed by atoms with Crippen molar-refractivity contribution in [1.29, 1.82) is 5.26 Å². The van der Waals surface area contributed by atoms with Gasteiger partial charge in [-0.3, -0.25) is 29.6 Å². The zero-order valence-corrected chi connectivity index (χ0v) is 25.2. The Labute approximate surface area is 264 Å². The van der Waals surface area contributed by atoms with Crippen LogP contribution in [0.3, 0.4) is 0 Å². The van der Waals surface area contributed by atoms with Crippen molar-refractivity contribution in [2.24, 2.45) is 10.1 Å². The molecule has 5 rings (SSSR count). The highest BCUT2D eigenvalue weighted by Crippen LogP contribution is 2.40. The first-order valence-electron chi connectivity index (χ1n) is 13.3. The van der Waals surface area contributed by atoms with Gasteiger partial charge in [-0.2, -0.15) is 5.26 Å². The summed E-state index contributed by atoms with van der Waals surface area (Å²) in [4.78, 5) is 66.4. The van der Waals surface area contributed by atoms with E-state index in [2.05, 4.69) is 20.4 Å². The Bertz CT molecular complexity index is 1730. The predicted molar refractivity (Wildman–Crippen MR) is 166 cm³/mol. The summed E-state index contributed by atoms with van der Waals surface area (Å²) in [6, 6.07) is -0.964. The number of carbonyl (C=O) groups is 4. The van der Waals surface area contributed by atoms with Crippen LogP contribution in [-0.2, 0) is 24.0 Å². The van der Waals surface area contributed by atoms with Gasteiger partial charge in [0.05, 0.1) is 0 Å². The van der Waals surface area contributed by atoms with Gasteiger partial charge in [0, 0.05) is 41.9 Å². The van der Waals surface area contributed by atoms with Crippen LogP contribution in [0.5, 0.6) is 0 Å².